The number of aromatic nitrogens is 2. The van der Waals surface area contributed by atoms with E-state index in [1.54, 1.807) is 4.90 Å². The fourth-order valence-corrected chi connectivity index (χ4v) is 3.35. The first-order chi connectivity index (χ1) is 16.1. The molecule has 1 aromatic heterocycles. The predicted molar refractivity (Wildman–Crippen MR) is 124 cm³/mol. The van der Waals surface area contributed by atoms with Gasteiger partial charge in [0.05, 0.1) is 0 Å². The second-order valence-electron chi connectivity index (χ2n) is 8.09. The molecule has 0 saturated carbocycles. The number of ether oxygens (including phenoxy) is 1. The SMILES string of the molecule is CCCc1cnc(-c2cccc(CN(C(=O)Nc3ccc(OC(F)(F)F)cc3)C(C)C)c2)nc1. The van der Waals surface area contributed by atoms with Gasteiger partial charge in [0.1, 0.15) is 5.75 Å². The number of carbonyl (C=O) groups excluding carboxylic acids is 1. The van der Waals surface area contributed by atoms with Crippen LogP contribution in [0.15, 0.2) is 60.9 Å². The Morgan fingerprint density at radius 2 is 1.74 bits per heavy atom. The number of urea groups is 1. The Labute approximate surface area is 196 Å². The van der Waals surface area contributed by atoms with Gasteiger partial charge in [0.15, 0.2) is 5.82 Å². The van der Waals surface area contributed by atoms with E-state index in [0.29, 0.717) is 18.1 Å². The zero-order valence-electron chi connectivity index (χ0n) is 19.3. The average molecular weight is 473 g/mol. The lowest BCUT2D eigenvalue weighted by molar-refractivity contribution is -0.274. The smallest absolute Gasteiger partial charge is 0.406 e. The maximum atomic E-state index is 12.9. The van der Waals surface area contributed by atoms with Crippen molar-refractivity contribution < 1.29 is 22.7 Å². The standard InChI is InChI=1S/C25H27F3N4O2/c1-4-6-19-14-29-23(30-15-19)20-8-5-7-18(13-20)16-32(17(2)3)24(33)31-21-9-11-22(12-10-21)34-25(26,27)28/h5,7-15,17H,4,6,16H2,1-3H3,(H,31,33). The molecule has 180 valence electrons. The summed E-state index contributed by atoms with van der Waals surface area (Å²) in [4.78, 5) is 23.5. The minimum Gasteiger partial charge on any atom is -0.406 e. The second-order valence-corrected chi connectivity index (χ2v) is 8.09. The van der Waals surface area contributed by atoms with Gasteiger partial charge in [-0.25, -0.2) is 14.8 Å². The molecule has 0 fully saturated rings. The van der Waals surface area contributed by atoms with Gasteiger partial charge in [0.2, 0.25) is 0 Å². The number of carbonyl (C=O) groups is 1. The summed E-state index contributed by atoms with van der Waals surface area (Å²) in [6, 6.07) is 12.2. The van der Waals surface area contributed by atoms with E-state index in [-0.39, 0.29) is 17.8 Å². The molecule has 0 unspecified atom stereocenters. The van der Waals surface area contributed by atoms with Gasteiger partial charge >= 0.3 is 12.4 Å². The zero-order valence-corrected chi connectivity index (χ0v) is 19.3. The van der Waals surface area contributed by atoms with Gasteiger partial charge in [0, 0.05) is 36.2 Å². The molecule has 0 saturated heterocycles. The van der Waals surface area contributed by atoms with E-state index in [1.165, 1.54) is 12.1 Å². The monoisotopic (exact) mass is 472 g/mol. The van der Waals surface area contributed by atoms with Gasteiger partial charge < -0.3 is 15.0 Å². The minimum atomic E-state index is -4.77. The van der Waals surface area contributed by atoms with Gasteiger partial charge in [-0.05, 0) is 61.7 Å². The summed E-state index contributed by atoms with van der Waals surface area (Å²) in [5.74, 6) is 0.261. The summed E-state index contributed by atoms with van der Waals surface area (Å²) in [6.45, 7) is 6.21. The highest BCUT2D eigenvalue weighted by Gasteiger charge is 2.31. The third-order valence-corrected chi connectivity index (χ3v) is 5.01. The molecular weight excluding hydrogens is 445 g/mol. The molecule has 2 amide bonds. The van der Waals surface area contributed by atoms with Crippen LogP contribution in [0.3, 0.4) is 0 Å². The first kappa shape index (κ1) is 25.0. The number of benzene rings is 2. The van der Waals surface area contributed by atoms with Gasteiger partial charge in [-0.3, -0.25) is 0 Å². The van der Waals surface area contributed by atoms with Crippen LogP contribution in [0.4, 0.5) is 23.7 Å². The molecule has 0 atom stereocenters. The number of hydrogen-bond donors (Lipinski definition) is 1. The van der Waals surface area contributed by atoms with Crippen molar-refractivity contribution in [1.29, 1.82) is 0 Å². The molecule has 0 bridgehead atoms. The average Bonchev–Trinajstić information content (AvgIpc) is 2.78. The lowest BCUT2D eigenvalue weighted by Gasteiger charge is -2.27. The zero-order chi connectivity index (χ0) is 24.7. The minimum absolute atomic E-state index is 0.124. The van der Waals surface area contributed by atoms with Crippen molar-refractivity contribution in [2.75, 3.05) is 5.32 Å². The largest absolute Gasteiger partial charge is 0.573 e. The van der Waals surface area contributed by atoms with E-state index in [1.807, 2.05) is 50.5 Å². The third kappa shape index (κ3) is 7.19. The first-order valence-electron chi connectivity index (χ1n) is 11.0. The Kier molecular flexibility index (Phi) is 8.09. The topological polar surface area (TPSA) is 67.4 Å². The molecule has 1 N–H and O–H groups in total. The Hall–Kier alpha value is -3.62. The highest BCUT2D eigenvalue weighted by Crippen LogP contribution is 2.24. The molecule has 3 rings (SSSR count). The summed E-state index contributed by atoms with van der Waals surface area (Å²) in [7, 11) is 0. The van der Waals surface area contributed by atoms with Crippen LogP contribution in [0, 0.1) is 0 Å². The molecule has 0 aliphatic carbocycles. The van der Waals surface area contributed by atoms with Crippen molar-refractivity contribution in [3.05, 3.63) is 72.1 Å². The van der Waals surface area contributed by atoms with Crippen molar-refractivity contribution in [2.45, 2.75) is 52.6 Å². The van der Waals surface area contributed by atoms with Crippen molar-refractivity contribution in [3.63, 3.8) is 0 Å². The van der Waals surface area contributed by atoms with Gasteiger partial charge in [-0.15, -0.1) is 13.2 Å². The van der Waals surface area contributed by atoms with Gasteiger partial charge in [-0.2, -0.15) is 0 Å². The third-order valence-electron chi connectivity index (χ3n) is 5.01. The lowest BCUT2D eigenvalue weighted by atomic mass is 10.1. The second kappa shape index (κ2) is 11.0. The molecule has 34 heavy (non-hydrogen) atoms. The van der Waals surface area contributed by atoms with Crippen LogP contribution in [-0.4, -0.2) is 33.3 Å². The first-order valence-corrected chi connectivity index (χ1v) is 11.0. The number of nitrogens with zero attached hydrogens (tertiary/aromatic N) is 3. The summed E-state index contributed by atoms with van der Waals surface area (Å²) in [6.07, 6.45) is 0.846. The Morgan fingerprint density at radius 3 is 2.32 bits per heavy atom. The summed E-state index contributed by atoms with van der Waals surface area (Å²) < 4.78 is 40.9. The van der Waals surface area contributed by atoms with E-state index >= 15 is 0 Å². The van der Waals surface area contributed by atoms with E-state index in [9.17, 15) is 18.0 Å². The lowest BCUT2D eigenvalue weighted by Crippen LogP contribution is -2.39. The molecule has 0 aliphatic rings. The summed E-state index contributed by atoms with van der Waals surface area (Å²) >= 11 is 0. The number of hydrogen-bond acceptors (Lipinski definition) is 4. The summed E-state index contributed by atoms with van der Waals surface area (Å²) in [5, 5.41) is 2.72. The Bertz CT molecular complexity index is 1080. The molecule has 2 aromatic carbocycles. The van der Waals surface area contributed by atoms with Crippen LogP contribution >= 0.6 is 0 Å². The van der Waals surface area contributed by atoms with Gasteiger partial charge in [-0.1, -0.05) is 31.5 Å². The molecule has 6 nitrogen and oxygen atoms in total. The molecule has 0 spiro atoms. The molecule has 3 aromatic rings. The normalized spacial score (nSPS) is 11.4. The van der Waals surface area contributed by atoms with Crippen molar-refractivity contribution in [1.82, 2.24) is 14.9 Å². The van der Waals surface area contributed by atoms with E-state index in [0.717, 1.165) is 41.7 Å². The van der Waals surface area contributed by atoms with Crippen LogP contribution in [-0.2, 0) is 13.0 Å². The number of nitrogens with one attached hydrogen (secondary N) is 1. The van der Waals surface area contributed by atoms with Crippen LogP contribution in [0.5, 0.6) is 5.75 Å². The molecular formula is C25H27F3N4O2. The van der Waals surface area contributed by atoms with Crippen molar-refractivity contribution >= 4 is 11.7 Å². The molecule has 0 radical (unpaired) electrons. The number of amides is 2. The van der Waals surface area contributed by atoms with Crippen molar-refractivity contribution in [2.24, 2.45) is 0 Å². The molecule has 1 heterocycles. The maximum absolute atomic E-state index is 12.9. The number of alkyl halides is 3. The Balaban J connectivity index is 1.70. The quantitative estimate of drug-likeness (QED) is 0.410. The van der Waals surface area contributed by atoms with E-state index in [2.05, 4.69) is 26.9 Å². The van der Waals surface area contributed by atoms with Crippen molar-refractivity contribution in [3.8, 4) is 17.1 Å². The number of halogens is 3. The fourth-order valence-electron chi connectivity index (χ4n) is 3.35. The van der Waals surface area contributed by atoms with E-state index < -0.39 is 6.36 Å². The van der Waals surface area contributed by atoms with Crippen LogP contribution in [0.1, 0.15) is 38.3 Å². The number of aryl methyl sites for hydroxylation is 1. The highest BCUT2D eigenvalue weighted by molar-refractivity contribution is 5.89. The number of anilines is 1. The van der Waals surface area contributed by atoms with E-state index in [4.69, 9.17) is 0 Å². The highest BCUT2D eigenvalue weighted by atomic mass is 19.4. The van der Waals surface area contributed by atoms with Crippen LogP contribution in [0.25, 0.3) is 11.4 Å². The predicted octanol–water partition coefficient (Wildman–Crippen LogP) is 6.44. The van der Waals surface area contributed by atoms with Crippen LogP contribution in [0.2, 0.25) is 0 Å². The molecule has 9 heteroatoms. The maximum Gasteiger partial charge on any atom is 0.573 e. The Morgan fingerprint density at radius 1 is 1.06 bits per heavy atom. The summed E-state index contributed by atoms with van der Waals surface area (Å²) in [5.41, 5.74) is 3.20. The fraction of sp³-hybridized carbons (Fsp3) is 0.320. The van der Waals surface area contributed by atoms with Gasteiger partial charge in [0.25, 0.3) is 0 Å². The van der Waals surface area contributed by atoms with Crippen LogP contribution < -0.4 is 10.1 Å². The number of rotatable bonds is 8. The molecule has 0 aliphatic heterocycles.